The highest BCUT2D eigenvalue weighted by atomic mass is 35.5. The summed E-state index contributed by atoms with van der Waals surface area (Å²) in [7, 11) is -2.52. The van der Waals surface area contributed by atoms with Gasteiger partial charge in [-0.05, 0) is 67.9 Å². The van der Waals surface area contributed by atoms with Crippen molar-refractivity contribution in [2.75, 3.05) is 24.6 Å². The summed E-state index contributed by atoms with van der Waals surface area (Å²) in [4.78, 5) is 13.0. The third-order valence-electron chi connectivity index (χ3n) is 5.12. The van der Waals surface area contributed by atoms with Gasteiger partial charge in [-0.3, -0.25) is 9.10 Å². The number of carbonyl (C=O) groups is 1. The van der Waals surface area contributed by atoms with E-state index in [4.69, 9.17) is 21.1 Å². The third kappa shape index (κ3) is 6.01. The van der Waals surface area contributed by atoms with Gasteiger partial charge in [0, 0.05) is 5.02 Å². The fourth-order valence-electron chi connectivity index (χ4n) is 3.37. The summed E-state index contributed by atoms with van der Waals surface area (Å²) in [5.74, 6) is 0.598. The van der Waals surface area contributed by atoms with Gasteiger partial charge in [-0.25, -0.2) is 8.42 Å². The van der Waals surface area contributed by atoms with Gasteiger partial charge in [0.25, 0.3) is 10.0 Å². The largest absolute Gasteiger partial charge is 0.497 e. The first-order valence-electron chi connectivity index (χ1n) is 10.7. The van der Waals surface area contributed by atoms with Crippen LogP contribution in [0.15, 0.2) is 77.7 Å². The van der Waals surface area contributed by atoms with Crippen LogP contribution in [0.2, 0.25) is 5.02 Å². The van der Waals surface area contributed by atoms with E-state index < -0.39 is 22.5 Å². The van der Waals surface area contributed by atoms with Gasteiger partial charge >= 0.3 is 0 Å². The van der Waals surface area contributed by atoms with Crippen LogP contribution in [0.1, 0.15) is 25.5 Å². The molecule has 0 aromatic heterocycles. The number of ether oxygens (including phenoxy) is 2. The number of sulfonamides is 1. The Morgan fingerprint density at radius 2 is 1.68 bits per heavy atom. The van der Waals surface area contributed by atoms with Crippen molar-refractivity contribution in [2.24, 2.45) is 0 Å². The number of hydrogen-bond acceptors (Lipinski definition) is 5. The molecule has 9 heteroatoms. The predicted molar refractivity (Wildman–Crippen MR) is 133 cm³/mol. The van der Waals surface area contributed by atoms with E-state index >= 15 is 0 Å². The summed E-state index contributed by atoms with van der Waals surface area (Å²) >= 11 is 5.94. The van der Waals surface area contributed by atoms with E-state index in [1.165, 1.54) is 24.3 Å². The molecule has 1 amide bonds. The Morgan fingerprint density at radius 1 is 1.03 bits per heavy atom. The Bertz CT molecular complexity index is 1210. The van der Waals surface area contributed by atoms with Gasteiger partial charge in [0.1, 0.15) is 18.0 Å². The first kappa shape index (κ1) is 25.4. The molecule has 7 nitrogen and oxygen atoms in total. The summed E-state index contributed by atoms with van der Waals surface area (Å²) in [6, 6.07) is 19.5. The van der Waals surface area contributed by atoms with Crippen LogP contribution in [0.5, 0.6) is 11.5 Å². The van der Waals surface area contributed by atoms with Crippen molar-refractivity contribution in [2.45, 2.75) is 24.8 Å². The van der Waals surface area contributed by atoms with Gasteiger partial charge in [-0.15, -0.1) is 0 Å². The molecule has 1 atom stereocenters. The molecule has 3 aromatic carbocycles. The number of nitrogens with zero attached hydrogens (tertiary/aromatic N) is 1. The van der Waals surface area contributed by atoms with Crippen molar-refractivity contribution in [3.05, 3.63) is 83.4 Å². The highest BCUT2D eigenvalue weighted by Gasteiger charge is 2.30. The first-order chi connectivity index (χ1) is 16.3. The second-order valence-electron chi connectivity index (χ2n) is 7.43. The number of carbonyl (C=O) groups excluding carboxylic acids is 1. The van der Waals surface area contributed by atoms with Crippen LogP contribution in [0, 0.1) is 0 Å². The number of hydrogen-bond donors (Lipinski definition) is 1. The van der Waals surface area contributed by atoms with E-state index in [0.29, 0.717) is 23.1 Å². The second kappa shape index (κ2) is 11.3. The monoisotopic (exact) mass is 502 g/mol. The van der Waals surface area contributed by atoms with Gasteiger partial charge in [0.05, 0.1) is 30.3 Å². The Morgan fingerprint density at radius 3 is 2.29 bits per heavy atom. The molecule has 34 heavy (non-hydrogen) atoms. The molecule has 0 fully saturated rings. The number of anilines is 1. The minimum absolute atomic E-state index is 0.0132. The third-order valence-corrected chi connectivity index (χ3v) is 7.14. The smallest absolute Gasteiger partial charge is 0.264 e. The van der Waals surface area contributed by atoms with Gasteiger partial charge in [0.15, 0.2) is 0 Å². The number of para-hydroxylation sites is 2. The van der Waals surface area contributed by atoms with Crippen LogP contribution in [-0.2, 0) is 14.8 Å². The van der Waals surface area contributed by atoms with Gasteiger partial charge < -0.3 is 14.8 Å². The molecule has 0 heterocycles. The normalized spacial score (nSPS) is 12.0. The first-order valence-corrected chi connectivity index (χ1v) is 12.5. The topological polar surface area (TPSA) is 84.9 Å². The summed E-state index contributed by atoms with van der Waals surface area (Å²) in [5, 5.41) is 3.28. The number of nitrogens with one attached hydrogen (secondary N) is 1. The molecule has 0 aliphatic heterocycles. The average Bonchev–Trinajstić information content (AvgIpc) is 2.83. The van der Waals surface area contributed by atoms with E-state index in [0.717, 1.165) is 9.87 Å². The predicted octanol–water partition coefficient (Wildman–Crippen LogP) is 4.82. The van der Waals surface area contributed by atoms with E-state index in [-0.39, 0.29) is 16.6 Å². The van der Waals surface area contributed by atoms with Crippen molar-refractivity contribution >= 4 is 33.2 Å². The minimum atomic E-state index is -4.10. The maximum atomic E-state index is 13.6. The molecule has 0 spiro atoms. The molecule has 0 unspecified atom stereocenters. The van der Waals surface area contributed by atoms with E-state index in [1.54, 1.807) is 50.4 Å². The van der Waals surface area contributed by atoms with Crippen molar-refractivity contribution in [3.8, 4) is 11.5 Å². The van der Waals surface area contributed by atoms with Crippen molar-refractivity contribution < 1.29 is 22.7 Å². The Kier molecular flexibility index (Phi) is 8.41. The number of rotatable bonds is 10. The Hall–Kier alpha value is -3.23. The van der Waals surface area contributed by atoms with Crippen LogP contribution in [0.3, 0.4) is 0 Å². The number of benzene rings is 3. The molecular weight excluding hydrogens is 476 g/mol. The lowest BCUT2D eigenvalue weighted by atomic mass is 10.1. The summed E-state index contributed by atoms with van der Waals surface area (Å²) < 4.78 is 39.1. The SMILES string of the molecule is CCOc1ccccc1N(CC(=O)N[C@H](C)c1ccc(OC)cc1)S(=O)(=O)c1ccc(Cl)cc1. The maximum absolute atomic E-state index is 13.6. The molecule has 0 radical (unpaired) electrons. The molecule has 1 N–H and O–H groups in total. The van der Waals surface area contributed by atoms with Crippen molar-refractivity contribution in [3.63, 3.8) is 0 Å². The summed E-state index contributed by atoms with van der Waals surface area (Å²) in [6.45, 7) is 3.53. The summed E-state index contributed by atoms with van der Waals surface area (Å²) in [6.07, 6.45) is 0. The maximum Gasteiger partial charge on any atom is 0.264 e. The van der Waals surface area contributed by atoms with E-state index in [9.17, 15) is 13.2 Å². The molecule has 0 aliphatic carbocycles. The summed E-state index contributed by atoms with van der Waals surface area (Å²) in [5.41, 5.74) is 1.13. The minimum Gasteiger partial charge on any atom is -0.497 e. The van der Waals surface area contributed by atoms with E-state index in [1.807, 2.05) is 19.1 Å². The van der Waals surface area contributed by atoms with Gasteiger partial charge in [-0.1, -0.05) is 35.9 Å². The van der Waals surface area contributed by atoms with Gasteiger partial charge in [-0.2, -0.15) is 0 Å². The van der Waals surface area contributed by atoms with Crippen molar-refractivity contribution in [1.29, 1.82) is 0 Å². The second-order valence-corrected chi connectivity index (χ2v) is 9.73. The zero-order valence-electron chi connectivity index (χ0n) is 19.2. The Labute approximate surface area is 205 Å². The molecule has 180 valence electrons. The number of methoxy groups -OCH3 is 1. The molecule has 0 aliphatic rings. The fourth-order valence-corrected chi connectivity index (χ4v) is 4.93. The lowest BCUT2D eigenvalue weighted by Gasteiger charge is -2.26. The molecule has 0 saturated carbocycles. The average molecular weight is 503 g/mol. The highest BCUT2D eigenvalue weighted by molar-refractivity contribution is 7.92. The number of halogens is 1. The van der Waals surface area contributed by atoms with Crippen LogP contribution >= 0.6 is 11.6 Å². The van der Waals surface area contributed by atoms with Gasteiger partial charge in [0.2, 0.25) is 5.91 Å². The quantitative estimate of drug-likeness (QED) is 0.429. The molecule has 3 aromatic rings. The van der Waals surface area contributed by atoms with Crippen LogP contribution in [0.25, 0.3) is 0 Å². The van der Waals surface area contributed by atoms with Crippen LogP contribution < -0.4 is 19.1 Å². The number of amides is 1. The lowest BCUT2D eigenvalue weighted by molar-refractivity contribution is -0.120. The molecule has 0 bridgehead atoms. The van der Waals surface area contributed by atoms with Crippen LogP contribution in [-0.4, -0.2) is 34.6 Å². The zero-order valence-corrected chi connectivity index (χ0v) is 20.8. The van der Waals surface area contributed by atoms with E-state index in [2.05, 4.69) is 5.32 Å². The lowest BCUT2D eigenvalue weighted by Crippen LogP contribution is -2.41. The fraction of sp³-hybridized carbons (Fsp3) is 0.240. The molecule has 0 saturated heterocycles. The highest BCUT2D eigenvalue weighted by Crippen LogP contribution is 2.33. The Balaban J connectivity index is 1.92. The molecule has 3 rings (SSSR count). The standard InChI is InChI=1S/C25H27ClN2O5S/c1-4-33-24-8-6-5-7-23(24)28(34(30,31)22-15-11-20(26)12-16-22)17-25(29)27-18(2)19-9-13-21(32-3)14-10-19/h5-16,18H,4,17H2,1-3H3,(H,27,29)/t18-/m1/s1. The van der Waals surface area contributed by atoms with Crippen molar-refractivity contribution in [1.82, 2.24) is 5.32 Å². The zero-order chi connectivity index (χ0) is 24.7. The molecular formula is C25H27ClN2O5S. The van der Waals surface area contributed by atoms with Crippen LogP contribution in [0.4, 0.5) is 5.69 Å².